The lowest BCUT2D eigenvalue weighted by molar-refractivity contribution is -0.386. The van der Waals surface area contributed by atoms with E-state index >= 15 is 0 Å². The van der Waals surface area contributed by atoms with Crippen LogP contribution in [0.15, 0.2) is 36.4 Å². The third kappa shape index (κ3) is 5.47. The van der Waals surface area contributed by atoms with Crippen LogP contribution in [0.2, 0.25) is 5.15 Å². The second-order valence-electron chi connectivity index (χ2n) is 5.98. The highest BCUT2D eigenvalue weighted by Gasteiger charge is 2.34. The van der Waals surface area contributed by atoms with Crippen molar-refractivity contribution in [2.24, 2.45) is 0 Å². The van der Waals surface area contributed by atoms with Crippen LogP contribution in [0.25, 0.3) is 0 Å². The van der Waals surface area contributed by atoms with Crippen molar-refractivity contribution in [2.75, 3.05) is 6.61 Å². The fourth-order valence-electron chi connectivity index (χ4n) is 2.69. The summed E-state index contributed by atoms with van der Waals surface area (Å²) in [4.78, 5) is 27.4. The van der Waals surface area contributed by atoms with Gasteiger partial charge in [0.2, 0.25) is 0 Å². The molecule has 0 amide bonds. The Hall–Kier alpha value is -2.54. The molecule has 1 aromatic heterocycles. The van der Waals surface area contributed by atoms with E-state index in [1.165, 1.54) is 30.3 Å². The van der Waals surface area contributed by atoms with E-state index in [2.05, 4.69) is 11.9 Å². The molecule has 0 aliphatic heterocycles. The molecule has 0 spiro atoms. The molecule has 0 fully saturated rings. The minimum atomic E-state index is -1.38. The number of carbonyl (C=O) groups is 1. The Bertz CT molecular complexity index is 816. The molecule has 27 heavy (non-hydrogen) atoms. The van der Waals surface area contributed by atoms with Crippen LogP contribution in [0.5, 0.6) is 0 Å². The average molecular weight is 395 g/mol. The number of pyridine rings is 1. The molecule has 2 rings (SSSR count). The minimum Gasteiger partial charge on any atom is -0.465 e. The van der Waals surface area contributed by atoms with Crippen molar-refractivity contribution < 1.29 is 18.8 Å². The van der Waals surface area contributed by atoms with Crippen molar-refractivity contribution in [1.29, 1.82) is 0 Å². The van der Waals surface area contributed by atoms with Gasteiger partial charge in [0.25, 0.3) is 5.69 Å². The molecule has 0 radical (unpaired) electrons. The predicted molar refractivity (Wildman–Crippen MR) is 99.2 cm³/mol. The van der Waals surface area contributed by atoms with Crippen molar-refractivity contribution in [2.45, 2.75) is 38.5 Å². The number of hydrogen-bond donors (Lipinski definition) is 0. The van der Waals surface area contributed by atoms with Crippen LogP contribution in [0.4, 0.5) is 10.1 Å². The van der Waals surface area contributed by atoms with Crippen LogP contribution in [0, 0.1) is 15.9 Å². The second kappa shape index (κ2) is 9.97. The average Bonchev–Trinajstić information content (AvgIpc) is 2.63. The maximum Gasteiger partial charge on any atom is 0.319 e. The third-order valence-corrected chi connectivity index (χ3v) is 4.24. The number of benzene rings is 1. The Balaban J connectivity index is 2.40. The summed E-state index contributed by atoms with van der Waals surface area (Å²) < 4.78 is 19.6. The van der Waals surface area contributed by atoms with E-state index in [-0.39, 0.29) is 23.0 Å². The molecular weight excluding hydrogens is 375 g/mol. The number of rotatable bonds is 9. The lowest BCUT2D eigenvalue weighted by Gasteiger charge is -2.17. The molecular formula is C19H20ClFN2O4. The quantitative estimate of drug-likeness (QED) is 0.196. The predicted octanol–water partition coefficient (Wildman–Crippen LogP) is 5.04. The van der Waals surface area contributed by atoms with Gasteiger partial charge in [0.15, 0.2) is 0 Å². The zero-order valence-corrected chi connectivity index (χ0v) is 15.6. The molecule has 0 saturated heterocycles. The summed E-state index contributed by atoms with van der Waals surface area (Å²) in [5.74, 6) is -2.85. The second-order valence-corrected chi connectivity index (χ2v) is 6.37. The van der Waals surface area contributed by atoms with Crippen LogP contribution in [-0.2, 0) is 9.53 Å². The van der Waals surface area contributed by atoms with Gasteiger partial charge in [-0.25, -0.2) is 9.37 Å². The van der Waals surface area contributed by atoms with Gasteiger partial charge < -0.3 is 4.74 Å². The Kier molecular flexibility index (Phi) is 7.67. The zero-order chi connectivity index (χ0) is 19.8. The largest absolute Gasteiger partial charge is 0.465 e. The van der Waals surface area contributed by atoms with Gasteiger partial charge in [0.1, 0.15) is 22.6 Å². The zero-order valence-electron chi connectivity index (χ0n) is 14.9. The molecule has 1 unspecified atom stereocenters. The van der Waals surface area contributed by atoms with Crippen LogP contribution in [-0.4, -0.2) is 22.5 Å². The molecule has 2 aromatic rings. The highest BCUT2D eigenvalue weighted by Crippen LogP contribution is 2.33. The first-order valence-corrected chi connectivity index (χ1v) is 9.05. The number of halogens is 2. The standard InChI is InChI=1S/C19H20ClFN2O4/c1-2-3-4-7-12-27-19(24)17(13-8-5-6-9-14(13)21)18-15(23(25)26)10-11-16(20)22-18/h5-6,8-11,17H,2-4,7,12H2,1H3. The molecule has 1 atom stereocenters. The number of nitro groups is 1. The SMILES string of the molecule is CCCCCCOC(=O)C(c1ccccc1F)c1nc(Cl)ccc1[N+](=O)[O-]. The van der Waals surface area contributed by atoms with E-state index in [9.17, 15) is 19.3 Å². The lowest BCUT2D eigenvalue weighted by atomic mass is 9.93. The van der Waals surface area contributed by atoms with E-state index in [0.717, 1.165) is 25.3 Å². The van der Waals surface area contributed by atoms with Gasteiger partial charge in [-0.15, -0.1) is 0 Å². The number of esters is 1. The number of nitrogens with zero attached hydrogens (tertiary/aromatic N) is 2. The number of carbonyl (C=O) groups excluding carboxylic acids is 1. The summed E-state index contributed by atoms with van der Waals surface area (Å²) in [7, 11) is 0. The lowest BCUT2D eigenvalue weighted by Crippen LogP contribution is -2.21. The van der Waals surface area contributed by atoms with Gasteiger partial charge in [-0.3, -0.25) is 14.9 Å². The van der Waals surface area contributed by atoms with Crippen molar-refractivity contribution in [3.8, 4) is 0 Å². The van der Waals surface area contributed by atoms with E-state index in [0.29, 0.717) is 6.42 Å². The summed E-state index contributed by atoms with van der Waals surface area (Å²) in [6.45, 7) is 2.21. The van der Waals surface area contributed by atoms with Crippen molar-refractivity contribution in [3.63, 3.8) is 0 Å². The molecule has 1 aromatic carbocycles. The van der Waals surface area contributed by atoms with Crippen LogP contribution in [0.1, 0.15) is 49.8 Å². The van der Waals surface area contributed by atoms with Crippen LogP contribution < -0.4 is 0 Å². The number of unbranched alkanes of at least 4 members (excludes halogenated alkanes) is 3. The van der Waals surface area contributed by atoms with Crippen LogP contribution in [0.3, 0.4) is 0 Å². The van der Waals surface area contributed by atoms with Gasteiger partial charge in [0.05, 0.1) is 11.5 Å². The van der Waals surface area contributed by atoms with Crippen molar-refractivity contribution >= 4 is 23.3 Å². The topological polar surface area (TPSA) is 82.3 Å². The van der Waals surface area contributed by atoms with Gasteiger partial charge in [-0.05, 0) is 18.6 Å². The summed E-state index contributed by atoms with van der Waals surface area (Å²) in [6, 6.07) is 7.95. The van der Waals surface area contributed by atoms with Crippen LogP contribution >= 0.6 is 11.6 Å². The monoisotopic (exact) mass is 394 g/mol. The molecule has 1 heterocycles. The molecule has 0 N–H and O–H groups in total. The first kappa shape index (κ1) is 20.8. The van der Waals surface area contributed by atoms with E-state index < -0.39 is 28.3 Å². The van der Waals surface area contributed by atoms with E-state index in [1.807, 2.05) is 0 Å². The van der Waals surface area contributed by atoms with E-state index in [1.54, 1.807) is 0 Å². The third-order valence-electron chi connectivity index (χ3n) is 4.03. The Morgan fingerprint density at radius 3 is 2.67 bits per heavy atom. The van der Waals surface area contributed by atoms with Gasteiger partial charge in [-0.1, -0.05) is 56.0 Å². The van der Waals surface area contributed by atoms with E-state index in [4.69, 9.17) is 16.3 Å². The summed E-state index contributed by atoms with van der Waals surface area (Å²) in [6.07, 6.45) is 3.60. The summed E-state index contributed by atoms with van der Waals surface area (Å²) in [5, 5.41) is 11.4. The summed E-state index contributed by atoms with van der Waals surface area (Å²) >= 11 is 5.88. The fourth-order valence-corrected chi connectivity index (χ4v) is 2.84. The highest BCUT2D eigenvalue weighted by molar-refractivity contribution is 6.29. The van der Waals surface area contributed by atoms with Crippen molar-refractivity contribution in [3.05, 3.63) is 68.7 Å². The Labute approximate surface area is 161 Å². The Morgan fingerprint density at radius 1 is 1.26 bits per heavy atom. The number of aromatic nitrogens is 1. The molecule has 8 heteroatoms. The highest BCUT2D eigenvalue weighted by atomic mass is 35.5. The smallest absolute Gasteiger partial charge is 0.319 e. The number of ether oxygens (including phenoxy) is 1. The van der Waals surface area contributed by atoms with Gasteiger partial charge in [0, 0.05) is 11.6 Å². The summed E-state index contributed by atoms with van der Waals surface area (Å²) in [5.41, 5.74) is -0.708. The molecule has 0 aliphatic carbocycles. The fraction of sp³-hybridized carbons (Fsp3) is 0.368. The van der Waals surface area contributed by atoms with Gasteiger partial charge in [-0.2, -0.15) is 0 Å². The molecule has 6 nitrogen and oxygen atoms in total. The van der Waals surface area contributed by atoms with Crippen molar-refractivity contribution in [1.82, 2.24) is 4.98 Å². The first-order chi connectivity index (χ1) is 13.0. The maximum absolute atomic E-state index is 14.4. The normalized spacial score (nSPS) is 11.8. The maximum atomic E-state index is 14.4. The first-order valence-electron chi connectivity index (χ1n) is 8.67. The Morgan fingerprint density at radius 2 is 2.00 bits per heavy atom. The molecule has 0 aliphatic rings. The van der Waals surface area contributed by atoms with Gasteiger partial charge >= 0.3 is 5.97 Å². The molecule has 0 saturated carbocycles. The minimum absolute atomic E-state index is 0.0346. The molecule has 144 valence electrons. The molecule has 0 bridgehead atoms. The number of hydrogen-bond acceptors (Lipinski definition) is 5.